The summed E-state index contributed by atoms with van der Waals surface area (Å²) < 4.78 is 2.65. The van der Waals surface area contributed by atoms with Gasteiger partial charge in [-0.2, -0.15) is 0 Å². The van der Waals surface area contributed by atoms with Crippen LogP contribution in [0.2, 0.25) is 0 Å². The second-order valence-electron chi connectivity index (χ2n) is 17.2. The molecule has 8 aromatic rings. The molecule has 2 bridgehead atoms. The Hall–Kier alpha value is -5.64. The van der Waals surface area contributed by atoms with Crippen molar-refractivity contribution in [2.24, 2.45) is 11.8 Å². The zero-order valence-electron chi connectivity index (χ0n) is 33.1. The summed E-state index contributed by atoms with van der Waals surface area (Å²) in [5.74, 6) is 2.15. The first-order valence-electron chi connectivity index (χ1n) is 21.6. The highest BCUT2D eigenvalue weighted by Crippen LogP contribution is 2.60. The van der Waals surface area contributed by atoms with Gasteiger partial charge in [-0.15, -0.1) is 11.3 Å². The van der Waals surface area contributed by atoms with E-state index in [1.54, 1.807) is 0 Å². The number of thiophene rings is 1. The van der Waals surface area contributed by atoms with E-state index in [9.17, 15) is 0 Å². The Morgan fingerprint density at radius 2 is 1.00 bits per heavy atom. The molecule has 3 aliphatic carbocycles. The van der Waals surface area contributed by atoms with Crippen molar-refractivity contribution < 1.29 is 0 Å². The van der Waals surface area contributed by atoms with E-state index in [4.69, 9.17) is 0 Å². The molecule has 3 aliphatic rings. The molecule has 3 saturated carbocycles. The Morgan fingerprint density at radius 1 is 0.448 bits per heavy atom. The van der Waals surface area contributed by atoms with Gasteiger partial charge in [0.05, 0.1) is 5.69 Å². The number of hydrogen-bond acceptors (Lipinski definition) is 3. The lowest BCUT2D eigenvalue weighted by molar-refractivity contribution is 0.320. The summed E-state index contributed by atoms with van der Waals surface area (Å²) in [6, 6.07) is 66.4. The van der Waals surface area contributed by atoms with E-state index >= 15 is 0 Å². The molecule has 1 aromatic heterocycles. The van der Waals surface area contributed by atoms with Gasteiger partial charge in [0, 0.05) is 54.0 Å². The second kappa shape index (κ2) is 14.9. The van der Waals surface area contributed by atoms with Gasteiger partial charge in [0.2, 0.25) is 0 Å². The van der Waals surface area contributed by atoms with Crippen LogP contribution in [0.4, 0.5) is 34.1 Å². The van der Waals surface area contributed by atoms with Crippen LogP contribution in [-0.4, -0.2) is 0 Å². The number of rotatable bonds is 9. The first-order valence-corrected chi connectivity index (χ1v) is 22.5. The molecule has 0 amide bonds. The normalized spacial score (nSPS) is 20.5. The average molecular weight is 771 g/mol. The maximum Gasteiger partial charge on any atom is 0.0554 e. The van der Waals surface area contributed by atoms with E-state index in [0.29, 0.717) is 11.8 Å². The molecular weight excluding hydrogens is 721 g/mol. The van der Waals surface area contributed by atoms with Gasteiger partial charge in [-0.05, 0) is 145 Å². The molecule has 3 heteroatoms. The molecule has 0 saturated heterocycles. The second-order valence-corrected chi connectivity index (χ2v) is 18.2. The van der Waals surface area contributed by atoms with Gasteiger partial charge >= 0.3 is 0 Å². The highest BCUT2D eigenvalue weighted by atomic mass is 32.1. The number of nitrogens with zero attached hydrogens (tertiary/aromatic N) is 2. The molecule has 58 heavy (non-hydrogen) atoms. The van der Waals surface area contributed by atoms with Crippen molar-refractivity contribution in [2.45, 2.75) is 69.1 Å². The van der Waals surface area contributed by atoms with Crippen LogP contribution in [0.15, 0.2) is 176 Å². The van der Waals surface area contributed by atoms with Crippen molar-refractivity contribution >= 4 is 65.6 Å². The molecule has 3 fully saturated rings. The van der Waals surface area contributed by atoms with Crippen LogP contribution < -0.4 is 9.80 Å². The van der Waals surface area contributed by atoms with Crippen LogP contribution in [0, 0.1) is 11.8 Å². The molecule has 3 unspecified atom stereocenters. The third kappa shape index (κ3) is 6.14. The van der Waals surface area contributed by atoms with Crippen LogP contribution in [0.3, 0.4) is 0 Å². The van der Waals surface area contributed by atoms with Gasteiger partial charge in [0.25, 0.3) is 0 Å². The van der Waals surface area contributed by atoms with Crippen LogP contribution in [0.1, 0.15) is 80.4 Å². The van der Waals surface area contributed by atoms with Crippen LogP contribution >= 0.6 is 11.3 Å². The minimum Gasteiger partial charge on any atom is -0.311 e. The number of anilines is 6. The highest BCUT2D eigenvalue weighted by Gasteiger charge is 2.52. The smallest absolute Gasteiger partial charge is 0.0554 e. The number of benzene rings is 7. The van der Waals surface area contributed by atoms with Crippen LogP contribution in [-0.2, 0) is 5.41 Å². The van der Waals surface area contributed by atoms with Crippen molar-refractivity contribution in [1.29, 1.82) is 0 Å². The molecule has 11 rings (SSSR count). The summed E-state index contributed by atoms with van der Waals surface area (Å²) in [7, 11) is 0. The number of fused-ring (bicyclic) bond motifs is 5. The lowest BCUT2D eigenvalue weighted by Gasteiger charge is -2.40. The van der Waals surface area contributed by atoms with Gasteiger partial charge in [0.15, 0.2) is 0 Å². The Labute approximate surface area is 347 Å². The first kappa shape index (κ1) is 35.5. The van der Waals surface area contributed by atoms with Crippen molar-refractivity contribution in [3.63, 3.8) is 0 Å². The fourth-order valence-electron chi connectivity index (χ4n) is 11.3. The molecule has 3 atom stereocenters. The Morgan fingerprint density at radius 3 is 1.62 bits per heavy atom. The third-order valence-electron chi connectivity index (χ3n) is 14.0. The topological polar surface area (TPSA) is 6.48 Å². The Kier molecular flexibility index (Phi) is 9.15. The van der Waals surface area contributed by atoms with Crippen LogP contribution in [0.25, 0.3) is 20.2 Å². The summed E-state index contributed by atoms with van der Waals surface area (Å²) in [4.78, 5) is 4.90. The van der Waals surface area contributed by atoms with Crippen LogP contribution in [0.5, 0.6) is 0 Å². The summed E-state index contributed by atoms with van der Waals surface area (Å²) in [5, 5.41) is 2.65. The van der Waals surface area contributed by atoms with E-state index in [-0.39, 0.29) is 5.41 Å². The Balaban J connectivity index is 0.967. The number of hydrogen-bond donors (Lipinski definition) is 0. The van der Waals surface area contributed by atoms with E-state index in [1.807, 2.05) is 11.3 Å². The highest BCUT2D eigenvalue weighted by molar-refractivity contribution is 7.26. The molecular formula is C55H50N2S. The van der Waals surface area contributed by atoms with Gasteiger partial charge in [-0.25, -0.2) is 0 Å². The minimum atomic E-state index is 0.0142. The number of para-hydroxylation sites is 2. The quantitative estimate of drug-likeness (QED) is 0.144. The zero-order valence-corrected chi connectivity index (χ0v) is 34.0. The van der Waals surface area contributed by atoms with Crippen molar-refractivity contribution in [1.82, 2.24) is 0 Å². The van der Waals surface area contributed by atoms with E-state index in [1.165, 1.54) is 129 Å². The predicted molar refractivity (Wildman–Crippen MR) is 247 cm³/mol. The molecule has 286 valence electrons. The lowest BCUT2D eigenvalue weighted by atomic mass is 9.64. The van der Waals surface area contributed by atoms with Crippen molar-refractivity contribution in [2.75, 3.05) is 9.80 Å². The molecule has 0 radical (unpaired) electrons. The monoisotopic (exact) mass is 770 g/mol. The van der Waals surface area contributed by atoms with Gasteiger partial charge < -0.3 is 9.80 Å². The first-order chi connectivity index (χ1) is 28.7. The molecule has 0 N–H and O–H groups in total. The molecule has 7 aromatic carbocycles. The standard InChI is InChI=1S/C55H50N2S/c1-4-13-40(14-5-1)41-24-31-47(32-25-41)56(45-15-6-2-7-16-45)48-33-27-42(28-34-48)55(38-39-23-26-44(55)37-39)43-29-35-49(36-30-43)57(46-17-8-3-9-18-46)51-20-12-22-53-54(51)50-19-10-11-21-52(50)58-53/h2-3,6-12,15-22,24-25,27-36,39-40,44H,1,4-5,13-14,23,26,37-38H2. The minimum absolute atomic E-state index is 0.0142. The molecule has 2 nitrogen and oxygen atoms in total. The molecule has 1 heterocycles. The summed E-state index contributed by atoms with van der Waals surface area (Å²) >= 11 is 1.88. The average Bonchev–Trinajstić information content (AvgIpc) is 4.03. The maximum absolute atomic E-state index is 2.47. The fourth-order valence-corrected chi connectivity index (χ4v) is 12.4. The summed E-state index contributed by atoms with van der Waals surface area (Å²) in [5.41, 5.74) is 11.7. The molecule has 0 spiro atoms. The summed E-state index contributed by atoms with van der Waals surface area (Å²) in [6.07, 6.45) is 12.0. The van der Waals surface area contributed by atoms with Crippen molar-refractivity contribution in [3.8, 4) is 0 Å². The Bertz CT molecular complexity index is 2660. The maximum atomic E-state index is 2.47. The van der Waals surface area contributed by atoms with Gasteiger partial charge in [-0.1, -0.05) is 123 Å². The van der Waals surface area contributed by atoms with E-state index in [0.717, 1.165) is 5.92 Å². The zero-order chi connectivity index (χ0) is 38.5. The SMILES string of the molecule is c1ccc(N(c2ccc(C3CCCCC3)cc2)c2ccc(C3(c4ccc(N(c5ccccc5)c5cccc6sc7ccccc7c56)cc4)CC4CCC3C4)cc2)cc1. The molecule has 0 aliphatic heterocycles. The van der Waals surface area contributed by atoms with Gasteiger partial charge in [-0.3, -0.25) is 0 Å². The third-order valence-corrected chi connectivity index (χ3v) is 15.1. The summed E-state index contributed by atoms with van der Waals surface area (Å²) in [6.45, 7) is 0. The fraction of sp³-hybridized carbons (Fsp3) is 0.236. The van der Waals surface area contributed by atoms with Crippen molar-refractivity contribution in [3.05, 3.63) is 193 Å². The van der Waals surface area contributed by atoms with Gasteiger partial charge in [0.1, 0.15) is 0 Å². The lowest BCUT2D eigenvalue weighted by Crippen LogP contribution is -2.34. The van der Waals surface area contributed by atoms with E-state index in [2.05, 4.69) is 186 Å². The largest absolute Gasteiger partial charge is 0.311 e. The van der Waals surface area contributed by atoms with E-state index < -0.39 is 0 Å². The predicted octanol–water partition coefficient (Wildman–Crippen LogP) is 16.1.